The topological polar surface area (TPSA) is 86.8 Å². The summed E-state index contributed by atoms with van der Waals surface area (Å²) in [5.74, 6) is -0.600. The van der Waals surface area contributed by atoms with Gasteiger partial charge in [-0.25, -0.2) is 8.42 Å². The molecule has 0 aliphatic rings. The van der Waals surface area contributed by atoms with E-state index >= 15 is 0 Å². The molecule has 0 saturated heterocycles. The minimum atomic E-state index is -3.64. The lowest BCUT2D eigenvalue weighted by molar-refractivity contribution is -0.142. The number of carbonyl (C=O) groups is 2. The third-order valence-electron chi connectivity index (χ3n) is 5.87. The fourth-order valence-corrected chi connectivity index (χ4v) is 5.76. The molecule has 7 nitrogen and oxygen atoms in total. The summed E-state index contributed by atoms with van der Waals surface area (Å²) in [6.07, 6.45) is 1.71. The normalized spacial score (nSPS) is 12.7. The van der Waals surface area contributed by atoms with Crippen LogP contribution in [0.5, 0.6) is 0 Å². The van der Waals surface area contributed by atoms with Gasteiger partial charge in [0.2, 0.25) is 21.8 Å². The number of carbonyl (C=O) groups excluding carboxylic acids is 2. The summed E-state index contributed by atoms with van der Waals surface area (Å²) < 4.78 is 26.5. The molecule has 0 bridgehead atoms. The van der Waals surface area contributed by atoms with Crippen LogP contribution < -0.4 is 9.62 Å². The Labute approximate surface area is 241 Å². The zero-order valence-electron chi connectivity index (χ0n) is 22.6. The number of benzene rings is 2. The fraction of sp³-hybridized carbons (Fsp3) is 0.481. The van der Waals surface area contributed by atoms with Crippen LogP contribution in [0.4, 0.5) is 5.69 Å². The van der Waals surface area contributed by atoms with Crippen molar-refractivity contribution >= 4 is 62.3 Å². The van der Waals surface area contributed by atoms with Crippen LogP contribution in [0.15, 0.2) is 36.4 Å². The quantitative estimate of drug-likeness (QED) is 0.330. The molecule has 0 aromatic heterocycles. The summed E-state index contributed by atoms with van der Waals surface area (Å²) >= 11 is 18.9. The first-order valence-electron chi connectivity index (χ1n) is 12.3. The standard InChI is InChI=1S/C27H36Cl3N3O4S/c1-7-23(26(35)31-27(3,4)5)32(17-20-21(29)10-8-11-22(20)30)25(34)12-9-15-33(38(6,36)37)24-16-19(28)14-13-18(24)2/h8,10-11,13-14,16,23H,7,9,12,15,17H2,1-6H3,(H,31,35)/t23-/m1/s1. The van der Waals surface area contributed by atoms with Gasteiger partial charge in [0.15, 0.2) is 0 Å². The zero-order chi connectivity index (χ0) is 28.8. The van der Waals surface area contributed by atoms with Crippen LogP contribution in [-0.2, 0) is 26.2 Å². The molecule has 1 N–H and O–H groups in total. The maximum atomic E-state index is 13.6. The van der Waals surface area contributed by atoms with Crippen molar-refractivity contribution in [2.24, 2.45) is 0 Å². The third-order valence-corrected chi connectivity index (χ3v) is 7.99. The lowest BCUT2D eigenvalue weighted by Gasteiger charge is -2.33. The molecule has 2 aromatic rings. The fourth-order valence-electron chi connectivity index (χ4n) is 4.06. The molecular formula is C27H36Cl3N3O4S. The van der Waals surface area contributed by atoms with E-state index in [1.807, 2.05) is 27.7 Å². The molecule has 2 aromatic carbocycles. The van der Waals surface area contributed by atoms with Gasteiger partial charge in [0.1, 0.15) is 6.04 Å². The minimum absolute atomic E-state index is 0.00695. The Morgan fingerprint density at radius 3 is 2.18 bits per heavy atom. The minimum Gasteiger partial charge on any atom is -0.350 e. The van der Waals surface area contributed by atoms with Gasteiger partial charge in [-0.05, 0) is 70.4 Å². The van der Waals surface area contributed by atoms with E-state index in [0.717, 1.165) is 11.8 Å². The van der Waals surface area contributed by atoms with Gasteiger partial charge in [-0.15, -0.1) is 0 Å². The predicted octanol–water partition coefficient (Wildman–Crippen LogP) is 6.22. The van der Waals surface area contributed by atoms with Crippen molar-refractivity contribution in [2.45, 2.75) is 72.0 Å². The van der Waals surface area contributed by atoms with Crippen LogP contribution in [0.3, 0.4) is 0 Å². The average molecular weight is 605 g/mol. The summed E-state index contributed by atoms with van der Waals surface area (Å²) in [6.45, 7) is 9.33. The Balaban J connectivity index is 2.33. The highest BCUT2D eigenvalue weighted by Crippen LogP contribution is 2.29. The van der Waals surface area contributed by atoms with Crippen molar-refractivity contribution in [3.8, 4) is 0 Å². The van der Waals surface area contributed by atoms with Gasteiger partial charge in [0, 0.05) is 45.7 Å². The van der Waals surface area contributed by atoms with Crippen LogP contribution in [0.2, 0.25) is 15.1 Å². The molecule has 2 rings (SSSR count). The molecule has 2 amide bonds. The number of rotatable bonds is 11. The second-order valence-corrected chi connectivity index (χ2v) is 13.4. The molecular weight excluding hydrogens is 569 g/mol. The summed E-state index contributed by atoms with van der Waals surface area (Å²) in [4.78, 5) is 28.3. The maximum absolute atomic E-state index is 13.6. The Hall–Kier alpha value is -2.00. The SMILES string of the molecule is CC[C@H](C(=O)NC(C)(C)C)N(Cc1c(Cl)cccc1Cl)C(=O)CCCN(c1cc(Cl)ccc1C)S(C)(=O)=O. The third kappa shape index (κ3) is 9.04. The van der Waals surface area contributed by atoms with Crippen molar-refractivity contribution in [3.63, 3.8) is 0 Å². The van der Waals surface area contributed by atoms with Gasteiger partial charge in [-0.2, -0.15) is 0 Å². The van der Waals surface area contributed by atoms with Crippen molar-refractivity contribution in [1.29, 1.82) is 0 Å². The van der Waals surface area contributed by atoms with Crippen LogP contribution in [-0.4, -0.2) is 49.5 Å². The van der Waals surface area contributed by atoms with Crippen molar-refractivity contribution in [2.75, 3.05) is 17.1 Å². The average Bonchev–Trinajstić information content (AvgIpc) is 2.78. The van der Waals surface area contributed by atoms with Gasteiger partial charge in [0.25, 0.3) is 0 Å². The molecule has 38 heavy (non-hydrogen) atoms. The highest BCUT2D eigenvalue weighted by Gasteiger charge is 2.31. The summed E-state index contributed by atoms with van der Waals surface area (Å²) in [6, 6.07) is 9.33. The molecule has 0 radical (unpaired) electrons. The Morgan fingerprint density at radius 2 is 1.66 bits per heavy atom. The van der Waals surface area contributed by atoms with Crippen LogP contribution in [0, 0.1) is 6.92 Å². The smallest absolute Gasteiger partial charge is 0.243 e. The Bertz CT molecular complexity index is 1240. The van der Waals surface area contributed by atoms with Gasteiger partial charge in [0.05, 0.1) is 11.9 Å². The zero-order valence-corrected chi connectivity index (χ0v) is 25.7. The number of anilines is 1. The number of hydrogen-bond donors (Lipinski definition) is 1. The van der Waals surface area contributed by atoms with Crippen molar-refractivity contribution < 1.29 is 18.0 Å². The van der Waals surface area contributed by atoms with Crippen LogP contribution in [0.1, 0.15) is 58.1 Å². The highest BCUT2D eigenvalue weighted by molar-refractivity contribution is 7.92. The molecule has 11 heteroatoms. The number of amides is 2. The first-order chi connectivity index (χ1) is 17.5. The van der Waals surface area contributed by atoms with Crippen molar-refractivity contribution in [1.82, 2.24) is 10.2 Å². The number of halogens is 3. The van der Waals surface area contributed by atoms with E-state index in [1.165, 1.54) is 9.21 Å². The molecule has 0 spiro atoms. The number of aryl methyl sites for hydroxylation is 1. The van der Waals surface area contributed by atoms with Gasteiger partial charge < -0.3 is 10.2 Å². The van der Waals surface area contributed by atoms with Gasteiger partial charge in [-0.3, -0.25) is 13.9 Å². The number of sulfonamides is 1. The number of nitrogens with zero attached hydrogens (tertiary/aromatic N) is 2. The van der Waals surface area contributed by atoms with Gasteiger partial charge >= 0.3 is 0 Å². The lowest BCUT2D eigenvalue weighted by atomic mass is 10.0. The molecule has 0 heterocycles. The van der Waals surface area contributed by atoms with E-state index < -0.39 is 21.6 Å². The van der Waals surface area contributed by atoms with Crippen LogP contribution in [0.25, 0.3) is 0 Å². The van der Waals surface area contributed by atoms with Crippen LogP contribution >= 0.6 is 34.8 Å². The Morgan fingerprint density at radius 1 is 1.05 bits per heavy atom. The second-order valence-electron chi connectivity index (χ2n) is 10.3. The summed E-state index contributed by atoms with van der Waals surface area (Å²) in [5, 5.41) is 4.14. The molecule has 1 atom stereocenters. The summed E-state index contributed by atoms with van der Waals surface area (Å²) in [7, 11) is -3.64. The molecule has 0 saturated carbocycles. The van der Waals surface area contributed by atoms with Crippen molar-refractivity contribution in [3.05, 3.63) is 62.6 Å². The first kappa shape index (κ1) is 32.2. The van der Waals surface area contributed by atoms with E-state index in [0.29, 0.717) is 32.7 Å². The molecule has 0 aliphatic heterocycles. The van der Waals surface area contributed by atoms with Gasteiger partial charge in [-0.1, -0.05) is 53.9 Å². The van der Waals surface area contributed by atoms with E-state index in [4.69, 9.17) is 34.8 Å². The van der Waals surface area contributed by atoms with E-state index in [1.54, 1.807) is 43.3 Å². The number of hydrogen-bond acceptors (Lipinski definition) is 4. The van der Waals surface area contributed by atoms with E-state index in [-0.39, 0.29) is 37.7 Å². The Kier molecular flexibility index (Phi) is 11.3. The molecule has 0 unspecified atom stereocenters. The maximum Gasteiger partial charge on any atom is 0.243 e. The summed E-state index contributed by atoms with van der Waals surface area (Å²) in [5.41, 5.74) is 1.25. The molecule has 0 aliphatic carbocycles. The molecule has 0 fully saturated rings. The largest absolute Gasteiger partial charge is 0.350 e. The monoisotopic (exact) mass is 603 g/mol. The highest BCUT2D eigenvalue weighted by atomic mass is 35.5. The van der Waals surface area contributed by atoms with E-state index in [9.17, 15) is 18.0 Å². The lowest BCUT2D eigenvalue weighted by Crippen LogP contribution is -2.53. The van der Waals surface area contributed by atoms with E-state index in [2.05, 4.69) is 5.32 Å². The second kappa shape index (κ2) is 13.4. The first-order valence-corrected chi connectivity index (χ1v) is 15.3. The predicted molar refractivity (Wildman–Crippen MR) is 157 cm³/mol. The molecule has 210 valence electrons. The number of nitrogens with one attached hydrogen (secondary N) is 1.